The molecule has 112 valence electrons. The third kappa shape index (κ3) is 5.52. The van der Waals surface area contributed by atoms with Gasteiger partial charge in [0.1, 0.15) is 0 Å². The second-order valence-electron chi connectivity index (χ2n) is 7.06. The second kappa shape index (κ2) is 7.28. The van der Waals surface area contributed by atoms with Gasteiger partial charge in [0.05, 0.1) is 6.54 Å². The molecule has 19 heavy (non-hydrogen) atoms. The maximum Gasteiger partial charge on any atom is 0.236 e. The van der Waals surface area contributed by atoms with Crippen molar-refractivity contribution in [3.63, 3.8) is 0 Å². The van der Waals surface area contributed by atoms with Crippen molar-refractivity contribution in [3.05, 3.63) is 0 Å². The standard InChI is InChI=1S/C16H32N2O/c1-6-13(2)17-12-15(19)18-10-7-8-14(9-11-18)16(3,4)5/h13-14,17H,6-12H2,1-5H3. The molecule has 3 nitrogen and oxygen atoms in total. The maximum atomic E-state index is 12.2. The van der Waals surface area contributed by atoms with E-state index in [1.54, 1.807) is 0 Å². The first-order chi connectivity index (χ1) is 8.84. The first-order valence-corrected chi connectivity index (χ1v) is 7.85. The molecule has 1 amide bonds. The van der Waals surface area contributed by atoms with Crippen molar-refractivity contribution in [1.29, 1.82) is 0 Å². The van der Waals surface area contributed by atoms with Gasteiger partial charge < -0.3 is 10.2 Å². The fourth-order valence-corrected chi connectivity index (χ4v) is 2.73. The van der Waals surface area contributed by atoms with E-state index in [0.29, 0.717) is 18.0 Å². The van der Waals surface area contributed by atoms with Crippen LogP contribution in [0.2, 0.25) is 0 Å². The van der Waals surface area contributed by atoms with Crippen LogP contribution in [-0.4, -0.2) is 36.5 Å². The van der Waals surface area contributed by atoms with Gasteiger partial charge in [0.15, 0.2) is 0 Å². The lowest BCUT2D eigenvalue weighted by molar-refractivity contribution is -0.130. The van der Waals surface area contributed by atoms with Gasteiger partial charge in [0.25, 0.3) is 0 Å². The van der Waals surface area contributed by atoms with Crippen molar-refractivity contribution in [2.24, 2.45) is 11.3 Å². The van der Waals surface area contributed by atoms with E-state index in [4.69, 9.17) is 0 Å². The summed E-state index contributed by atoms with van der Waals surface area (Å²) in [7, 11) is 0. The lowest BCUT2D eigenvalue weighted by atomic mass is 9.77. The number of hydrogen-bond donors (Lipinski definition) is 1. The van der Waals surface area contributed by atoms with Gasteiger partial charge in [-0.2, -0.15) is 0 Å². The predicted molar refractivity (Wildman–Crippen MR) is 81.1 cm³/mol. The third-order valence-electron chi connectivity index (χ3n) is 4.52. The van der Waals surface area contributed by atoms with Crippen LogP contribution in [0.4, 0.5) is 0 Å². The fraction of sp³-hybridized carbons (Fsp3) is 0.938. The van der Waals surface area contributed by atoms with Gasteiger partial charge in [-0.25, -0.2) is 0 Å². The summed E-state index contributed by atoms with van der Waals surface area (Å²) in [4.78, 5) is 14.2. The molecule has 1 fully saturated rings. The Bertz CT molecular complexity index is 283. The first kappa shape index (κ1) is 16.5. The highest BCUT2D eigenvalue weighted by Gasteiger charge is 2.28. The molecule has 0 bridgehead atoms. The monoisotopic (exact) mass is 268 g/mol. The molecule has 0 aromatic heterocycles. The molecule has 2 unspecified atom stereocenters. The molecule has 2 atom stereocenters. The van der Waals surface area contributed by atoms with Gasteiger partial charge in [0.2, 0.25) is 5.91 Å². The molecule has 0 saturated carbocycles. The Morgan fingerprint density at radius 3 is 2.58 bits per heavy atom. The number of hydrogen-bond acceptors (Lipinski definition) is 2. The van der Waals surface area contributed by atoms with Crippen LogP contribution in [-0.2, 0) is 4.79 Å². The molecule has 0 aliphatic carbocycles. The SMILES string of the molecule is CCC(C)NCC(=O)N1CCCC(C(C)(C)C)CC1. The molecule has 3 heteroatoms. The molecule has 0 spiro atoms. The summed E-state index contributed by atoms with van der Waals surface area (Å²) in [6.45, 7) is 13.6. The molecule has 1 saturated heterocycles. The molecule has 0 aromatic carbocycles. The zero-order valence-corrected chi connectivity index (χ0v) is 13.5. The van der Waals surface area contributed by atoms with Crippen molar-refractivity contribution >= 4 is 5.91 Å². The number of nitrogens with one attached hydrogen (secondary N) is 1. The van der Waals surface area contributed by atoms with Crippen molar-refractivity contribution < 1.29 is 4.79 Å². The highest BCUT2D eigenvalue weighted by molar-refractivity contribution is 5.78. The predicted octanol–water partition coefficient (Wildman–Crippen LogP) is 3.05. The van der Waals surface area contributed by atoms with Crippen LogP contribution in [0.1, 0.15) is 60.3 Å². The van der Waals surface area contributed by atoms with E-state index in [1.807, 2.05) is 0 Å². The molecule has 0 aromatic rings. The fourth-order valence-electron chi connectivity index (χ4n) is 2.73. The van der Waals surface area contributed by atoms with Crippen molar-refractivity contribution in [1.82, 2.24) is 10.2 Å². The number of rotatable bonds is 4. The second-order valence-corrected chi connectivity index (χ2v) is 7.06. The van der Waals surface area contributed by atoms with E-state index >= 15 is 0 Å². The van der Waals surface area contributed by atoms with E-state index in [2.05, 4.69) is 44.8 Å². The minimum atomic E-state index is 0.273. The largest absolute Gasteiger partial charge is 0.342 e. The minimum absolute atomic E-state index is 0.273. The highest BCUT2D eigenvalue weighted by Crippen LogP contribution is 2.34. The molecule has 1 aliphatic heterocycles. The number of carbonyl (C=O) groups excluding carboxylic acids is 1. The van der Waals surface area contributed by atoms with E-state index in [-0.39, 0.29) is 5.91 Å². The summed E-state index contributed by atoms with van der Waals surface area (Å²) in [5.41, 5.74) is 0.369. The summed E-state index contributed by atoms with van der Waals surface area (Å²) in [6, 6.07) is 0.429. The summed E-state index contributed by atoms with van der Waals surface area (Å²) in [6.07, 6.45) is 4.63. The van der Waals surface area contributed by atoms with Gasteiger partial charge in [-0.3, -0.25) is 4.79 Å². The third-order valence-corrected chi connectivity index (χ3v) is 4.52. The lowest BCUT2D eigenvalue weighted by Gasteiger charge is -2.29. The van der Waals surface area contributed by atoms with Crippen molar-refractivity contribution in [2.45, 2.75) is 66.3 Å². The van der Waals surface area contributed by atoms with Crippen LogP contribution >= 0.6 is 0 Å². The van der Waals surface area contributed by atoms with Gasteiger partial charge >= 0.3 is 0 Å². The molecule has 0 radical (unpaired) electrons. The summed E-state index contributed by atoms with van der Waals surface area (Å²) >= 11 is 0. The van der Waals surface area contributed by atoms with Crippen LogP contribution in [0.15, 0.2) is 0 Å². The van der Waals surface area contributed by atoms with Crippen molar-refractivity contribution in [3.8, 4) is 0 Å². The molecule has 1 N–H and O–H groups in total. The van der Waals surface area contributed by atoms with Crippen LogP contribution in [0.25, 0.3) is 0 Å². The number of likely N-dealkylation sites (tertiary alicyclic amines) is 1. The van der Waals surface area contributed by atoms with Gasteiger partial charge in [-0.15, -0.1) is 0 Å². The Morgan fingerprint density at radius 2 is 2.00 bits per heavy atom. The van der Waals surface area contributed by atoms with Crippen LogP contribution in [0, 0.1) is 11.3 Å². The number of nitrogens with zero attached hydrogens (tertiary/aromatic N) is 1. The number of carbonyl (C=O) groups is 1. The zero-order chi connectivity index (χ0) is 14.5. The van der Waals surface area contributed by atoms with E-state index in [1.165, 1.54) is 6.42 Å². The molecular weight excluding hydrogens is 236 g/mol. The Kier molecular flexibility index (Phi) is 6.31. The Morgan fingerprint density at radius 1 is 1.32 bits per heavy atom. The average molecular weight is 268 g/mol. The summed E-state index contributed by atoms with van der Waals surface area (Å²) < 4.78 is 0. The topological polar surface area (TPSA) is 32.3 Å². The van der Waals surface area contributed by atoms with Crippen LogP contribution in [0.5, 0.6) is 0 Å². The minimum Gasteiger partial charge on any atom is -0.342 e. The molecule has 1 heterocycles. The lowest BCUT2D eigenvalue weighted by Crippen LogP contribution is -2.41. The van der Waals surface area contributed by atoms with Crippen LogP contribution in [0.3, 0.4) is 0 Å². The normalized spacial score (nSPS) is 23.0. The summed E-state index contributed by atoms with van der Waals surface area (Å²) in [5.74, 6) is 1.02. The average Bonchev–Trinajstić information content (AvgIpc) is 2.60. The number of amides is 1. The van der Waals surface area contributed by atoms with Gasteiger partial charge in [-0.05, 0) is 43.9 Å². The molecule has 1 rings (SSSR count). The van der Waals surface area contributed by atoms with E-state index in [0.717, 1.165) is 38.3 Å². The Hall–Kier alpha value is -0.570. The maximum absolute atomic E-state index is 12.2. The van der Waals surface area contributed by atoms with E-state index in [9.17, 15) is 4.79 Å². The van der Waals surface area contributed by atoms with Crippen molar-refractivity contribution in [2.75, 3.05) is 19.6 Å². The van der Waals surface area contributed by atoms with E-state index < -0.39 is 0 Å². The Labute approximate surface area is 119 Å². The smallest absolute Gasteiger partial charge is 0.236 e. The summed E-state index contributed by atoms with van der Waals surface area (Å²) in [5, 5.41) is 3.30. The zero-order valence-electron chi connectivity index (χ0n) is 13.5. The Balaban J connectivity index is 2.42. The molecular formula is C16H32N2O. The van der Waals surface area contributed by atoms with Gasteiger partial charge in [0, 0.05) is 19.1 Å². The first-order valence-electron chi connectivity index (χ1n) is 7.85. The van der Waals surface area contributed by atoms with Gasteiger partial charge in [-0.1, -0.05) is 27.7 Å². The molecule has 1 aliphatic rings. The van der Waals surface area contributed by atoms with Crippen LogP contribution < -0.4 is 5.32 Å². The highest BCUT2D eigenvalue weighted by atomic mass is 16.2. The quantitative estimate of drug-likeness (QED) is 0.850.